The highest BCUT2D eigenvalue weighted by molar-refractivity contribution is 5.58. The van der Waals surface area contributed by atoms with Gasteiger partial charge in [-0.25, -0.2) is 9.37 Å². The number of aromatic nitrogens is 2. The number of ether oxygens (including phenoxy) is 1. The van der Waals surface area contributed by atoms with Gasteiger partial charge in [-0.1, -0.05) is 6.92 Å². The molecule has 0 radical (unpaired) electrons. The lowest BCUT2D eigenvalue weighted by Gasteiger charge is -2.09. The Balaban J connectivity index is 2.09. The van der Waals surface area contributed by atoms with Crippen LogP contribution in [-0.4, -0.2) is 23.1 Å². The molecule has 2 aromatic rings. The maximum absolute atomic E-state index is 13.8. The van der Waals surface area contributed by atoms with E-state index in [1.807, 2.05) is 6.92 Å². The number of nitrogens with zero attached hydrogens (tertiary/aromatic N) is 2. The second-order valence-corrected chi connectivity index (χ2v) is 4.40. The number of hydrogen-bond donors (Lipinski definition) is 2. The zero-order chi connectivity index (χ0) is 15.1. The minimum atomic E-state index is -0.403. The molecule has 0 amide bonds. The van der Waals surface area contributed by atoms with E-state index in [4.69, 9.17) is 4.74 Å². The Morgan fingerprint density at radius 1 is 1.24 bits per heavy atom. The summed E-state index contributed by atoms with van der Waals surface area (Å²) in [5.41, 5.74) is 0.607. The summed E-state index contributed by atoms with van der Waals surface area (Å²) >= 11 is 0. The summed E-state index contributed by atoms with van der Waals surface area (Å²) in [6, 6.07) is 6.45. The lowest BCUT2D eigenvalue weighted by molar-refractivity contribution is 0.321. The summed E-state index contributed by atoms with van der Waals surface area (Å²) in [7, 11) is 0. The summed E-state index contributed by atoms with van der Waals surface area (Å²) in [6.07, 6.45) is 2.64. The van der Waals surface area contributed by atoms with Crippen molar-refractivity contribution in [3.05, 3.63) is 36.3 Å². The van der Waals surface area contributed by atoms with Gasteiger partial charge in [0, 0.05) is 24.5 Å². The van der Waals surface area contributed by atoms with Crippen LogP contribution in [-0.2, 0) is 0 Å². The fourth-order valence-electron chi connectivity index (χ4n) is 1.75. The van der Waals surface area contributed by atoms with Crippen molar-refractivity contribution >= 4 is 17.5 Å². The van der Waals surface area contributed by atoms with Crippen LogP contribution >= 0.6 is 0 Å². The second-order valence-electron chi connectivity index (χ2n) is 4.40. The summed E-state index contributed by atoms with van der Waals surface area (Å²) in [6.45, 7) is 5.12. The van der Waals surface area contributed by atoms with E-state index in [0.29, 0.717) is 24.1 Å². The van der Waals surface area contributed by atoms with E-state index in [1.165, 1.54) is 6.07 Å². The molecule has 1 aromatic heterocycles. The van der Waals surface area contributed by atoms with E-state index in [0.717, 1.165) is 13.0 Å². The van der Waals surface area contributed by atoms with Crippen molar-refractivity contribution in [1.29, 1.82) is 0 Å². The van der Waals surface area contributed by atoms with Gasteiger partial charge in [0.2, 0.25) is 5.95 Å². The third-order valence-electron chi connectivity index (χ3n) is 2.69. The van der Waals surface area contributed by atoms with Crippen molar-refractivity contribution in [2.45, 2.75) is 20.3 Å². The number of anilines is 3. The Hall–Kier alpha value is -2.37. The van der Waals surface area contributed by atoms with Gasteiger partial charge in [0.05, 0.1) is 6.61 Å². The summed E-state index contributed by atoms with van der Waals surface area (Å²) in [4.78, 5) is 8.43. The molecule has 0 saturated heterocycles. The minimum absolute atomic E-state index is 0.246. The van der Waals surface area contributed by atoms with Gasteiger partial charge in [0.15, 0.2) is 11.6 Å². The highest BCUT2D eigenvalue weighted by Gasteiger charge is 2.05. The van der Waals surface area contributed by atoms with E-state index in [9.17, 15) is 4.39 Å². The first-order chi connectivity index (χ1) is 10.2. The van der Waals surface area contributed by atoms with Crippen molar-refractivity contribution in [1.82, 2.24) is 9.97 Å². The third-order valence-corrected chi connectivity index (χ3v) is 2.69. The van der Waals surface area contributed by atoms with Gasteiger partial charge in [0.1, 0.15) is 5.82 Å². The second kappa shape index (κ2) is 7.42. The quantitative estimate of drug-likeness (QED) is 0.816. The number of rotatable bonds is 7. The fourth-order valence-corrected chi connectivity index (χ4v) is 1.75. The molecule has 0 unspecified atom stereocenters. The number of nitrogens with one attached hydrogen (secondary N) is 2. The zero-order valence-electron chi connectivity index (χ0n) is 12.2. The molecule has 5 nitrogen and oxygen atoms in total. The van der Waals surface area contributed by atoms with Crippen LogP contribution in [0.5, 0.6) is 5.75 Å². The Morgan fingerprint density at radius 3 is 2.81 bits per heavy atom. The highest BCUT2D eigenvalue weighted by atomic mass is 19.1. The van der Waals surface area contributed by atoms with E-state index >= 15 is 0 Å². The van der Waals surface area contributed by atoms with Gasteiger partial charge in [-0.15, -0.1) is 0 Å². The Labute approximate surface area is 123 Å². The molecule has 112 valence electrons. The molecule has 0 saturated carbocycles. The topological polar surface area (TPSA) is 59.1 Å². The predicted octanol–water partition coefficient (Wildman–Crippen LogP) is 3.58. The molecule has 21 heavy (non-hydrogen) atoms. The molecule has 0 aliphatic carbocycles. The first-order valence-corrected chi connectivity index (χ1v) is 6.99. The molecule has 0 atom stereocenters. The van der Waals surface area contributed by atoms with Gasteiger partial charge >= 0.3 is 0 Å². The van der Waals surface area contributed by atoms with Gasteiger partial charge in [-0.05, 0) is 31.5 Å². The summed E-state index contributed by atoms with van der Waals surface area (Å²) in [5.74, 6) is 0.997. The average Bonchev–Trinajstić information content (AvgIpc) is 2.48. The first-order valence-electron chi connectivity index (χ1n) is 6.99. The molecule has 1 aromatic carbocycles. The number of hydrogen-bond acceptors (Lipinski definition) is 5. The van der Waals surface area contributed by atoms with Crippen molar-refractivity contribution in [3.63, 3.8) is 0 Å². The number of halogens is 1. The molecule has 0 aliphatic rings. The number of benzene rings is 1. The van der Waals surface area contributed by atoms with Crippen molar-refractivity contribution in [3.8, 4) is 5.75 Å². The van der Waals surface area contributed by atoms with E-state index in [2.05, 4.69) is 27.5 Å². The van der Waals surface area contributed by atoms with Gasteiger partial charge < -0.3 is 15.4 Å². The molecule has 0 bridgehead atoms. The fraction of sp³-hybridized carbons (Fsp3) is 0.333. The normalized spacial score (nSPS) is 10.2. The van der Waals surface area contributed by atoms with Crippen LogP contribution in [0.25, 0.3) is 0 Å². The molecule has 0 aliphatic heterocycles. The molecule has 2 rings (SSSR count). The van der Waals surface area contributed by atoms with Crippen LogP contribution in [0.15, 0.2) is 30.5 Å². The summed E-state index contributed by atoms with van der Waals surface area (Å²) in [5, 5.41) is 6.15. The monoisotopic (exact) mass is 290 g/mol. The summed E-state index contributed by atoms with van der Waals surface area (Å²) < 4.78 is 18.9. The molecular formula is C15H19FN4O. The molecular weight excluding hydrogens is 271 g/mol. The molecule has 0 spiro atoms. The van der Waals surface area contributed by atoms with E-state index < -0.39 is 5.82 Å². The smallest absolute Gasteiger partial charge is 0.224 e. The standard InChI is InChI=1S/C15H19FN4O/c1-3-8-17-15-18-9-7-14(20-15)19-11-5-6-13(21-4-2)12(16)10-11/h5-7,9-10H,3-4,8H2,1-2H3,(H2,17,18,19,20). The minimum Gasteiger partial charge on any atom is -0.491 e. The van der Waals surface area contributed by atoms with E-state index in [-0.39, 0.29) is 5.75 Å². The van der Waals surface area contributed by atoms with Crippen molar-refractivity contribution in [2.75, 3.05) is 23.8 Å². The van der Waals surface area contributed by atoms with Crippen LogP contribution in [0, 0.1) is 5.82 Å². The lowest BCUT2D eigenvalue weighted by Crippen LogP contribution is -2.05. The maximum Gasteiger partial charge on any atom is 0.224 e. The Morgan fingerprint density at radius 2 is 2.10 bits per heavy atom. The predicted molar refractivity (Wildman–Crippen MR) is 81.7 cm³/mol. The van der Waals surface area contributed by atoms with Crippen molar-refractivity contribution < 1.29 is 9.13 Å². The zero-order valence-corrected chi connectivity index (χ0v) is 12.2. The molecule has 2 N–H and O–H groups in total. The molecule has 6 heteroatoms. The van der Waals surface area contributed by atoms with Gasteiger partial charge in [-0.2, -0.15) is 4.98 Å². The van der Waals surface area contributed by atoms with E-state index in [1.54, 1.807) is 24.4 Å². The first kappa shape index (κ1) is 15.0. The van der Waals surface area contributed by atoms with Crippen LogP contribution in [0.4, 0.5) is 21.8 Å². The lowest BCUT2D eigenvalue weighted by atomic mass is 10.3. The average molecular weight is 290 g/mol. The highest BCUT2D eigenvalue weighted by Crippen LogP contribution is 2.23. The Kier molecular flexibility index (Phi) is 5.31. The maximum atomic E-state index is 13.8. The van der Waals surface area contributed by atoms with Crippen molar-refractivity contribution in [2.24, 2.45) is 0 Å². The largest absolute Gasteiger partial charge is 0.491 e. The SMILES string of the molecule is CCCNc1nccc(Nc2ccc(OCC)c(F)c2)n1. The Bertz CT molecular complexity index is 592. The third kappa shape index (κ3) is 4.30. The van der Waals surface area contributed by atoms with Crippen LogP contribution < -0.4 is 15.4 Å². The van der Waals surface area contributed by atoms with Crippen LogP contribution in [0.1, 0.15) is 20.3 Å². The van der Waals surface area contributed by atoms with Gasteiger partial charge in [-0.3, -0.25) is 0 Å². The molecule has 0 fully saturated rings. The van der Waals surface area contributed by atoms with Gasteiger partial charge in [0.25, 0.3) is 0 Å². The van der Waals surface area contributed by atoms with Crippen LogP contribution in [0.2, 0.25) is 0 Å². The molecule has 1 heterocycles. The van der Waals surface area contributed by atoms with Crippen LogP contribution in [0.3, 0.4) is 0 Å².